The zero-order valence-corrected chi connectivity index (χ0v) is 10.6. The predicted molar refractivity (Wildman–Crippen MR) is 58.0 cm³/mol. The maximum absolute atomic E-state index is 11.0. The first-order valence-electron chi connectivity index (χ1n) is 5.21. The zero-order valence-electron chi connectivity index (χ0n) is 9.83. The number of hydrogen-bond donors (Lipinski definition) is 5. The van der Waals surface area contributed by atoms with E-state index in [9.17, 15) is 23.4 Å². The number of nitrogens with one attached hydrogen (secondary N) is 1. The molecule has 112 valence electrons. The third kappa shape index (κ3) is 4.35. The van der Waals surface area contributed by atoms with Crippen molar-refractivity contribution >= 4 is 16.3 Å². The highest BCUT2D eigenvalue weighted by Gasteiger charge is 2.46. The summed E-state index contributed by atoms with van der Waals surface area (Å²) in [6, 6.07) is -1.43. The van der Waals surface area contributed by atoms with Crippen LogP contribution in [0.5, 0.6) is 0 Å². The minimum absolute atomic E-state index is 0.647. The second kappa shape index (κ2) is 6.09. The average molecular weight is 301 g/mol. The zero-order chi connectivity index (χ0) is 14.8. The molecule has 1 saturated heterocycles. The SMILES string of the molecule is CC(=O)N[C@@H]1C(OS(=O)(=O)O)O[C@H](CO)[C@@H](O)[C@@H]1O. The molecule has 1 unspecified atom stereocenters. The van der Waals surface area contributed by atoms with E-state index in [0.29, 0.717) is 0 Å². The smallest absolute Gasteiger partial charge is 0.394 e. The highest BCUT2D eigenvalue weighted by Crippen LogP contribution is 2.23. The number of amides is 1. The molecule has 1 rings (SSSR count). The van der Waals surface area contributed by atoms with Crippen molar-refractivity contribution < 1.29 is 42.0 Å². The first kappa shape index (κ1) is 16.2. The second-order valence-corrected chi connectivity index (χ2v) is 5.00. The van der Waals surface area contributed by atoms with E-state index in [2.05, 4.69) is 9.50 Å². The summed E-state index contributed by atoms with van der Waals surface area (Å²) < 4.78 is 38.9. The first-order chi connectivity index (χ1) is 8.65. The van der Waals surface area contributed by atoms with Gasteiger partial charge in [0.1, 0.15) is 24.4 Å². The Morgan fingerprint density at radius 1 is 1.37 bits per heavy atom. The van der Waals surface area contributed by atoms with Gasteiger partial charge in [-0.3, -0.25) is 9.35 Å². The Bertz CT molecular complexity index is 424. The fraction of sp³-hybridized carbons (Fsp3) is 0.875. The summed E-state index contributed by atoms with van der Waals surface area (Å²) >= 11 is 0. The predicted octanol–water partition coefficient (Wildman–Crippen LogP) is -3.25. The van der Waals surface area contributed by atoms with Gasteiger partial charge in [-0.2, -0.15) is 8.42 Å². The molecular weight excluding hydrogens is 286 g/mol. The lowest BCUT2D eigenvalue weighted by atomic mass is 9.97. The number of carbonyl (C=O) groups is 1. The first-order valence-corrected chi connectivity index (χ1v) is 6.57. The molecule has 10 nitrogen and oxygen atoms in total. The number of aliphatic hydroxyl groups excluding tert-OH is 3. The minimum Gasteiger partial charge on any atom is -0.394 e. The summed E-state index contributed by atoms with van der Waals surface area (Å²) in [6.07, 6.45) is -6.33. The van der Waals surface area contributed by atoms with Crippen molar-refractivity contribution in [2.24, 2.45) is 0 Å². The van der Waals surface area contributed by atoms with Gasteiger partial charge in [-0.05, 0) is 0 Å². The standard InChI is InChI=1S/C8H15NO9S/c1-3(11)9-5-7(13)6(12)4(2-10)17-8(5)18-19(14,15)16/h4-8,10,12-13H,2H2,1H3,(H,9,11)(H,14,15,16)/t4-,5+,6-,7-,8?/m1/s1. The van der Waals surface area contributed by atoms with Gasteiger partial charge >= 0.3 is 10.4 Å². The monoisotopic (exact) mass is 301 g/mol. The van der Waals surface area contributed by atoms with Crippen LogP contribution in [0.2, 0.25) is 0 Å². The molecule has 0 spiro atoms. The Balaban J connectivity index is 2.96. The molecule has 0 aromatic carbocycles. The summed E-state index contributed by atoms with van der Waals surface area (Å²) in [6.45, 7) is 0.359. The van der Waals surface area contributed by atoms with Crippen LogP contribution in [0.4, 0.5) is 0 Å². The Morgan fingerprint density at radius 3 is 2.37 bits per heavy atom. The molecule has 1 heterocycles. The van der Waals surface area contributed by atoms with Gasteiger partial charge < -0.3 is 25.4 Å². The quantitative estimate of drug-likeness (QED) is 0.335. The van der Waals surface area contributed by atoms with Crippen molar-refractivity contribution in [3.05, 3.63) is 0 Å². The topological polar surface area (TPSA) is 163 Å². The van der Waals surface area contributed by atoms with Crippen molar-refractivity contribution in [2.75, 3.05) is 6.61 Å². The van der Waals surface area contributed by atoms with Gasteiger partial charge in [-0.15, -0.1) is 0 Å². The van der Waals surface area contributed by atoms with Gasteiger partial charge in [0.15, 0.2) is 0 Å². The lowest BCUT2D eigenvalue weighted by molar-refractivity contribution is -0.244. The lowest BCUT2D eigenvalue weighted by Crippen LogP contribution is -2.64. The van der Waals surface area contributed by atoms with E-state index in [0.717, 1.165) is 6.92 Å². The van der Waals surface area contributed by atoms with Crippen LogP contribution < -0.4 is 5.32 Å². The molecule has 0 aliphatic carbocycles. The summed E-state index contributed by atoms with van der Waals surface area (Å²) in [5.74, 6) is -0.647. The van der Waals surface area contributed by atoms with Crippen LogP contribution in [0.25, 0.3) is 0 Å². The van der Waals surface area contributed by atoms with Crippen LogP contribution in [0.1, 0.15) is 6.92 Å². The molecule has 1 amide bonds. The van der Waals surface area contributed by atoms with Crippen molar-refractivity contribution in [3.8, 4) is 0 Å². The number of aliphatic hydroxyl groups is 3. The van der Waals surface area contributed by atoms with Gasteiger partial charge in [0, 0.05) is 6.92 Å². The Morgan fingerprint density at radius 2 is 1.95 bits per heavy atom. The van der Waals surface area contributed by atoms with Crippen LogP contribution in [-0.2, 0) is 24.1 Å². The molecule has 0 bridgehead atoms. The third-order valence-corrected chi connectivity index (χ3v) is 2.90. The van der Waals surface area contributed by atoms with Crippen molar-refractivity contribution in [1.82, 2.24) is 5.32 Å². The average Bonchev–Trinajstić information content (AvgIpc) is 2.26. The number of hydrogen-bond acceptors (Lipinski definition) is 8. The Kier molecular flexibility index (Phi) is 5.20. The molecule has 1 aliphatic rings. The van der Waals surface area contributed by atoms with Crippen molar-refractivity contribution in [1.29, 1.82) is 0 Å². The highest BCUT2D eigenvalue weighted by molar-refractivity contribution is 7.80. The Hall–Kier alpha value is -0.820. The van der Waals surface area contributed by atoms with Gasteiger partial charge in [0.2, 0.25) is 12.2 Å². The third-order valence-electron chi connectivity index (χ3n) is 2.47. The van der Waals surface area contributed by atoms with Crippen molar-refractivity contribution in [2.45, 2.75) is 37.6 Å². The van der Waals surface area contributed by atoms with E-state index in [-0.39, 0.29) is 0 Å². The van der Waals surface area contributed by atoms with Gasteiger partial charge in [0.05, 0.1) is 6.61 Å². The minimum atomic E-state index is -4.92. The van der Waals surface area contributed by atoms with Gasteiger partial charge in [0.25, 0.3) is 0 Å². The molecule has 0 aromatic rings. The van der Waals surface area contributed by atoms with E-state index in [4.69, 9.17) is 14.4 Å². The van der Waals surface area contributed by atoms with Crippen LogP contribution >= 0.6 is 0 Å². The van der Waals surface area contributed by atoms with E-state index in [1.54, 1.807) is 0 Å². The maximum Gasteiger partial charge on any atom is 0.399 e. The van der Waals surface area contributed by atoms with Crippen LogP contribution in [0, 0.1) is 0 Å². The van der Waals surface area contributed by atoms with E-state index in [1.165, 1.54) is 0 Å². The molecule has 0 aromatic heterocycles. The molecule has 0 saturated carbocycles. The van der Waals surface area contributed by atoms with E-state index >= 15 is 0 Å². The van der Waals surface area contributed by atoms with Crippen LogP contribution in [0.15, 0.2) is 0 Å². The molecular formula is C8H15NO9S. The van der Waals surface area contributed by atoms with Crippen molar-refractivity contribution in [3.63, 3.8) is 0 Å². The summed E-state index contributed by atoms with van der Waals surface area (Å²) in [5.41, 5.74) is 0. The molecule has 1 aliphatic heterocycles. The number of rotatable bonds is 4. The molecule has 0 radical (unpaired) electrons. The van der Waals surface area contributed by atoms with Gasteiger partial charge in [-0.25, -0.2) is 4.18 Å². The molecule has 5 atom stereocenters. The number of carbonyl (C=O) groups excluding carboxylic acids is 1. The summed E-state index contributed by atoms with van der Waals surface area (Å²) in [5, 5.41) is 30.4. The maximum atomic E-state index is 11.0. The van der Waals surface area contributed by atoms with E-state index in [1.807, 2.05) is 0 Å². The van der Waals surface area contributed by atoms with Crippen LogP contribution in [0.3, 0.4) is 0 Å². The highest BCUT2D eigenvalue weighted by atomic mass is 32.3. The second-order valence-electron chi connectivity index (χ2n) is 3.96. The molecule has 11 heteroatoms. The number of ether oxygens (including phenoxy) is 1. The normalized spacial score (nSPS) is 35.9. The van der Waals surface area contributed by atoms with E-state index < -0.39 is 53.6 Å². The van der Waals surface area contributed by atoms with Gasteiger partial charge in [-0.1, -0.05) is 0 Å². The Labute approximate surface area is 108 Å². The fourth-order valence-electron chi connectivity index (χ4n) is 1.67. The van der Waals surface area contributed by atoms with Crippen LogP contribution in [-0.4, -0.2) is 71.4 Å². The lowest BCUT2D eigenvalue weighted by Gasteiger charge is -2.41. The largest absolute Gasteiger partial charge is 0.399 e. The molecule has 5 N–H and O–H groups in total. The summed E-state index contributed by atoms with van der Waals surface area (Å²) in [4.78, 5) is 11.0. The molecule has 1 fully saturated rings. The fourth-order valence-corrected chi connectivity index (χ4v) is 2.08. The molecule has 19 heavy (non-hydrogen) atoms. The summed E-state index contributed by atoms with van der Waals surface area (Å²) in [7, 11) is -4.92.